The molecule has 0 bridgehead atoms. The summed E-state index contributed by atoms with van der Waals surface area (Å²) in [4.78, 5) is 14.7. The smallest absolute Gasteiger partial charge is 0.251 e. The van der Waals surface area contributed by atoms with Crippen LogP contribution in [0.4, 0.5) is 5.69 Å². The monoisotopic (exact) mass is 289 g/mol. The number of rotatable bonds is 5. The van der Waals surface area contributed by atoms with Crippen molar-refractivity contribution in [2.24, 2.45) is 5.84 Å². The topological polar surface area (TPSA) is 67.2 Å². The van der Waals surface area contributed by atoms with Crippen LogP contribution in [0.2, 0.25) is 0 Å². The standard InChI is InChI=1S/C15H19N3OS/c1-3-12-5-6-13(20-12)9-17-15(19)14-7-4-11(18-16)8-10(14)2/h4-8,18H,3,9,16H2,1-2H3,(H,17,19). The van der Waals surface area contributed by atoms with Crippen LogP contribution in [0.25, 0.3) is 0 Å². The van der Waals surface area contributed by atoms with Gasteiger partial charge in [-0.3, -0.25) is 10.6 Å². The minimum atomic E-state index is -0.0579. The zero-order chi connectivity index (χ0) is 14.5. The lowest BCUT2D eigenvalue weighted by Gasteiger charge is -2.08. The van der Waals surface area contributed by atoms with E-state index >= 15 is 0 Å². The van der Waals surface area contributed by atoms with Gasteiger partial charge in [-0.05, 0) is 49.2 Å². The van der Waals surface area contributed by atoms with E-state index in [-0.39, 0.29) is 5.91 Å². The summed E-state index contributed by atoms with van der Waals surface area (Å²) < 4.78 is 0. The largest absolute Gasteiger partial charge is 0.347 e. The fourth-order valence-electron chi connectivity index (χ4n) is 1.98. The highest BCUT2D eigenvalue weighted by Crippen LogP contribution is 2.17. The second-order valence-corrected chi connectivity index (χ2v) is 5.83. The Bertz CT molecular complexity index is 607. The first kappa shape index (κ1) is 14.6. The molecule has 20 heavy (non-hydrogen) atoms. The van der Waals surface area contributed by atoms with Crippen LogP contribution in [0.3, 0.4) is 0 Å². The van der Waals surface area contributed by atoms with Crippen molar-refractivity contribution >= 4 is 22.9 Å². The molecule has 1 aromatic heterocycles. The molecule has 0 aliphatic carbocycles. The molecule has 0 radical (unpaired) electrons. The molecule has 2 aromatic rings. The number of aryl methyl sites for hydroxylation is 2. The number of hydrogen-bond acceptors (Lipinski definition) is 4. The molecule has 1 amide bonds. The van der Waals surface area contributed by atoms with Gasteiger partial charge < -0.3 is 10.7 Å². The number of thiophene rings is 1. The molecule has 0 spiro atoms. The quantitative estimate of drug-likeness (QED) is 0.585. The van der Waals surface area contributed by atoms with Crippen molar-refractivity contribution in [1.82, 2.24) is 5.32 Å². The minimum absolute atomic E-state index is 0.0579. The number of carbonyl (C=O) groups is 1. The number of nitrogen functional groups attached to an aromatic ring is 1. The van der Waals surface area contributed by atoms with Crippen LogP contribution >= 0.6 is 11.3 Å². The van der Waals surface area contributed by atoms with Gasteiger partial charge in [-0.2, -0.15) is 0 Å². The normalized spacial score (nSPS) is 10.3. The summed E-state index contributed by atoms with van der Waals surface area (Å²) in [5, 5.41) is 2.95. The van der Waals surface area contributed by atoms with Gasteiger partial charge in [-0.15, -0.1) is 11.3 Å². The van der Waals surface area contributed by atoms with Gasteiger partial charge >= 0.3 is 0 Å². The number of amides is 1. The van der Waals surface area contributed by atoms with E-state index in [4.69, 9.17) is 5.84 Å². The van der Waals surface area contributed by atoms with E-state index in [2.05, 4.69) is 29.8 Å². The van der Waals surface area contributed by atoms with E-state index in [9.17, 15) is 4.79 Å². The van der Waals surface area contributed by atoms with E-state index < -0.39 is 0 Å². The Morgan fingerprint density at radius 2 is 2.00 bits per heavy atom. The highest BCUT2D eigenvalue weighted by Gasteiger charge is 2.09. The number of hydrazine groups is 1. The lowest BCUT2D eigenvalue weighted by Crippen LogP contribution is -2.23. The molecule has 0 saturated carbocycles. The molecule has 2 rings (SSSR count). The van der Waals surface area contributed by atoms with Crippen LogP contribution < -0.4 is 16.6 Å². The van der Waals surface area contributed by atoms with Crippen LogP contribution in [0.5, 0.6) is 0 Å². The van der Waals surface area contributed by atoms with Gasteiger partial charge in [0.15, 0.2) is 0 Å². The Balaban J connectivity index is 2.01. The average Bonchev–Trinajstić information content (AvgIpc) is 2.92. The fraction of sp³-hybridized carbons (Fsp3) is 0.267. The van der Waals surface area contributed by atoms with Crippen LogP contribution in [0, 0.1) is 6.92 Å². The summed E-state index contributed by atoms with van der Waals surface area (Å²) in [6.07, 6.45) is 1.03. The van der Waals surface area contributed by atoms with Crippen molar-refractivity contribution in [3.8, 4) is 0 Å². The SMILES string of the molecule is CCc1ccc(CNC(=O)c2ccc(NN)cc2C)s1. The molecule has 0 atom stereocenters. The summed E-state index contributed by atoms with van der Waals surface area (Å²) in [6, 6.07) is 9.61. The summed E-state index contributed by atoms with van der Waals surface area (Å²) >= 11 is 1.74. The molecule has 0 saturated heterocycles. The summed E-state index contributed by atoms with van der Waals surface area (Å²) in [7, 11) is 0. The van der Waals surface area contributed by atoms with Crippen LogP contribution in [0.1, 0.15) is 32.6 Å². The highest BCUT2D eigenvalue weighted by molar-refractivity contribution is 7.11. The molecular formula is C15H19N3OS. The van der Waals surface area contributed by atoms with Crippen molar-refractivity contribution in [1.29, 1.82) is 0 Å². The van der Waals surface area contributed by atoms with Crippen molar-refractivity contribution in [3.05, 3.63) is 51.2 Å². The number of carbonyl (C=O) groups excluding carboxylic acids is 1. The Morgan fingerprint density at radius 1 is 1.25 bits per heavy atom. The van der Waals surface area contributed by atoms with Gasteiger partial charge in [-0.25, -0.2) is 0 Å². The third-order valence-electron chi connectivity index (χ3n) is 3.13. The van der Waals surface area contributed by atoms with Crippen molar-refractivity contribution in [2.45, 2.75) is 26.8 Å². The Morgan fingerprint density at radius 3 is 2.60 bits per heavy atom. The third kappa shape index (κ3) is 3.37. The first-order valence-corrected chi connectivity index (χ1v) is 7.38. The third-order valence-corrected chi connectivity index (χ3v) is 4.36. The van der Waals surface area contributed by atoms with Crippen LogP contribution in [0.15, 0.2) is 30.3 Å². The number of anilines is 1. The minimum Gasteiger partial charge on any atom is -0.347 e. The van der Waals surface area contributed by atoms with E-state index in [1.807, 2.05) is 13.0 Å². The second kappa shape index (κ2) is 6.54. The zero-order valence-electron chi connectivity index (χ0n) is 11.7. The van der Waals surface area contributed by atoms with Gasteiger partial charge in [0.2, 0.25) is 0 Å². The van der Waals surface area contributed by atoms with Crippen molar-refractivity contribution in [2.75, 3.05) is 5.43 Å². The molecule has 106 valence electrons. The van der Waals surface area contributed by atoms with Crippen molar-refractivity contribution < 1.29 is 4.79 Å². The lowest BCUT2D eigenvalue weighted by atomic mass is 10.1. The van der Waals surface area contributed by atoms with E-state index in [1.54, 1.807) is 23.5 Å². The molecular weight excluding hydrogens is 270 g/mol. The Kier molecular flexibility index (Phi) is 4.76. The maximum atomic E-state index is 12.2. The zero-order valence-corrected chi connectivity index (χ0v) is 12.5. The Hall–Kier alpha value is -1.85. The number of nitrogens with two attached hydrogens (primary N) is 1. The summed E-state index contributed by atoms with van der Waals surface area (Å²) in [6.45, 7) is 4.60. The molecule has 5 heteroatoms. The Labute approximate surface area is 123 Å². The van der Waals surface area contributed by atoms with Gasteiger partial charge in [0.05, 0.1) is 6.54 Å². The van der Waals surface area contributed by atoms with Crippen LogP contribution in [-0.4, -0.2) is 5.91 Å². The number of hydrogen-bond donors (Lipinski definition) is 3. The van der Waals surface area contributed by atoms with Gasteiger partial charge in [-0.1, -0.05) is 6.92 Å². The molecule has 1 heterocycles. The number of nitrogens with one attached hydrogen (secondary N) is 2. The molecule has 1 aromatic carbocycles. The average molecular weight is 289 g/mol. The summed E-state index contributed by atoms with van der Waals surface area (Å²) in [5.41, 5.74) is 4.95. The molecule has 0 fully saturated rings. The molecule has 0 unspecified atom stereocenters. The molecule has 0 aliphatic heterocycles. The molecule has 0 aliphatic rings. The maximum absolute atomic E-state index is 12.2. The van der Waals surface area contributed by atoms with E-state index in [0.29, 0.717) is 12.1 Å². The number of benzene rings is 1. The van der Waals surface area contributed by atoms with Gasteiger partial charge in [0.1, 0.15) is 0 Å². The summed E-state index contributed by atoms with van der Waals surface area (Å²) in [5.74, 6) is 5.29. The van der Waals surface area contributed by atoms with Gasteiger partial charge in [0, 0.05) is 21.0 Å². The highest BCUT2D eigenvalue weighted by atomic mass is 32.1. The second-order valence-electron chi connectivity index (χ2n) is 4.58. The maximum Gasteiger partial charge on any atom is 0.251 e. The van der Waals surface area contributed by atoms with Crippen molar-refractivity contribution in [3.63, 3.8) is 0 Å². The first-order valence-electron chi connectivity index (χ1n) is 6.57. The van der Waals surface area contributed by atoms with Gasteiger partial charge in [0.25, 0.3) is 5.91 Å². The molecule has 4 N–H and O–H groups in total. The first-order chi connectivity index (χ1) is 9.63. The van der Waals surface area contributed by atoms with Crippen LogP contribution in [-0.2, 0) is 13.0 Å². The molecule has 4 nitrogen and oxygen atoms in total. The van der Waals surface area contributed by atoms with E-state index in [1.165, 1.54) is 9.75 Å². The predicted molar refractivity (Wildman–Crippen MR) is 83.9 cm³/mol. The van der Waals surface area contributed by atoms with E-state index in [0.717, 1.165) is 17.7 Å². The lowest BCUT2D eigenvalue weighted by molar-refractivity contribution is 0.0950. The fourth-order valence-corrected chi connectivity index (χ4v) is 2.88. The predicted octanol–water partition coefficient (Wildman–Crippen LogP) is 2.83.